The fraction of sp³-hybridized carbons (Fsp3) is 0.455. The molecule has 0 radical (unpaired) electrons. The zero-order valence-electron chi connectivity index (χ0n) is 23.7. The molecular formula is C33H36N4O4. The summed E-state index contributed by atoms with van der Waals surface area (Å²) in [6.45, 7) is 6.86. The number of amidine groups is 1. The van der Waals surface area contributed by atoms with Crippen molar-refractivity contribution >= 4 is 34.5 Å². The van der Waals surface area contributed by atoms with Gasteiger partial charge >= 0.3 is 0 Å². The highest BCUT2D eigenvalue weighted by Crippen LogP contribution is 2.38. The fourth-order valence-corrected chi connectivity index (χ4v) is 6.51. The molecule has 41 heavy (non-hydrogen) atoms. The number of amides is 3. The number of benzene rings is 2. The van der Waals surface area contributed by atoms with Gasteiger partial charge in [0.2, 0.25) is 11.8 Å². The van der Waals surface area contributed by atoms with Gasteiger partial charge in [-0.3, -0.25) is 24.3 Å². The second-order valence-electron chi connectivity index (χ2n) is 12.5. The molecule has 4 heterocycles. The van der Waals surface area contributed by atoms with Crippen LogP contribution in [0.2, 0.25) is 0 Å². The molecule has 8 heteroatoms. The van der Waals surface area contributed by atoms with Gasteiger partial charge in [0.25, 0.3) is 5.91 Å². The van der Waals surface area contributed by atoms with Gasteiger partial charge in [-0.2, -0.15) is 0 Å². The molecule has 3 aliphatic heterocycles. The monoisotopic (exact) mass is 552 g/mol. The van der Waals surface area contributed by atoms with E-state index in [0.29, 0.717) is 51.4 Å². The lowest BCUT2D eigenvalue weighted by Gasteiger charge is -2.42. The lowest BCUT2D eigenvalue weighted by atomic mass is 9.87. The first-order chi connectivity index (χ1) is 19.8. The van der Waals surface area contributed by atoms with E-state index in [1.807, 2.05) is 52.8 Å². The first kappa shape index (κ1) is 26.0. The average molecular weight is 553 g/mol. The second-order valence-corrected chi connectivity index (χ2v) is 12.5. The Bertz CT molecular complexity index is 1540. The van der Waals surface area contributed by atoms with Gasteiger partial charge in [-0.1, -0.05) is 44.2 Å². The average Bonchev–Trinajstić information content (AvgIpc) is 3.66. The Kier molecular flexibility index (Phi) is 6.25. The molecule has 1 aromatic heterocycles. The predicted octanol–water partition coefficient (Wildman–Crippen LogP) is 4.57. The van der Waals surface area contributed by atoms with Crippen molar-refractivity contribution in [2.24, 2.45) is 22.7 Å². The number of hydrogen-bond acceptors (Lipinski definition) is 5. The van der Waals surface area contributed by atoms with Crippen LogP contribution in [0.15, 0.2) is 64.2 Å². The summed E-state index contributed by atoms with van der Waals surface area (Å²) in [7, 11) is 0. The number of carbonyl (C=O) groups is 3. The minimum atomic E-state index is -0.832. The van der Waals surface area contributed by atoms with E-state index in [2.05, 4.69) is 24.3 Å². The number of carbonyl (C=O) groups excluding carboxylic acids is 3. The molecule has 0 N–H and O–H groups in total. The number of aliphatic imine (C=N–C) groups is 1. The van der Waals surface area contributed by atoms with Gasteiger partial charge in [0.05, 0.1) is 6.26 Å². The Morgan fingerprint density at radius 2 is 1.63 bits per heavy atom. The fourth-order valence-electron chi connectivity index (χ4n) is 6.51. The second kappa shape index (κ2) is 9.86. The van der Waals surface area contributed by atoms with Crippen LogP contribution in [-0.2, 0) is 14.4 Å². The van der Waals surface area contributed by atoms with Crippen molar-refractivity contribution < 1.29 is 18.8 Å². The summed E-state index contributed by atoms with van der Waals surface area (Å²) < 4.78 is 5.49. The molecule has 1 saturated carbocycles. The molecule has 212 valence electrons. The molecule has 1 spiro atoms. The van der Waals surface area contributed by atoms with E-state index in [4.69, 9.17) is 9.41 Å². The number of nitrogens with zero attached hydrogens (tertiary/aromatic N) is 4. The van der Waals surface area contributed by atoms with Crippen molar-refractivity contribution in [3.8, 4) is 11.1 Å². The van der Waals surface area contributed by atoms with E-state index in [0.717, 1.165) is 40.5 Å². The Balaban J connectivity index is 1.14. The molecule has 2 aromatic carbocycles. The van der Waals surface area contributed by atoms with Crippen LogP contribution in [0.4, 0.5) is 0 Å². The minimum absolute atomic E-state index is 0.0330. The van der Waals surface area contributed by atoms with Crippen LogP contribution in [0.5, 0.6) is 0 Å². The first-order valence-electron chi connectivity index (χ1n) is 14.9. The smallest absolute Gasteiger partial charge is 0.256 e. The lowest BCUT2D eigenvalue weighted by Crippen LogP contribution is -2.57. The summed E-state index contributed by atoms with van der Waals surface area (Å²) in [5, 5.41) is 1.06. The van der Waals surface area contributed by atoms with Crippen molar-refractivity contribution in [3.05, 3.63) is 60.4 Å². The first-order valence-corrected chi connectivity index (χ1v) is 14.9. The van der Waals surface area contributed by atoms with Gasteiger partial charge in [-0.05, 0) is 55.0 Å². The summed E-state index contributed by atoms with van der Waals surface area (Å²) in [6, 6.07) is 16.4. The van der Waals surface area contributed by atoms with Crippen LogP contribution in [0.3, 0.4) is 0 Å². The topological polar surface area (TPSA) is 86.4 Å². The van der Waals surface area contributed by atoms with Crippen molar-refractivity contribution in [3.63, 3.8) is 0 Å². The summed E-state index contributed by atoms with van der Waals surface area (Å²) >= 11 is 0. The Morgan fingerprint density at radius 3 is 2.32 bits per heavy atom. The zero-order valence-corrected chi connectivity index (χ0v) is 23.7. The molecule has 3 fully saturated rings. The highest BCUT2D eigenvalue weighted by atomic mass is 16.3. The highest BCUT2D eigenvalue weighted by molar-refractivity contribution is 6.15. The van der Waals surface area contributed by atoms with E-state index in [1.165, 1.54) is 0 Å². The maximum atomic E-state index is 14.1. The van der Waals surface area contributed by atoms with Crippen molar-refractivity contribution in [2.75, 3.05) is 32.7 Å². The van der Waals surface area contributed by atoms with Crippen LogP contribution in [-0.4, -0.2) is 76.5 Å². The zero-order chi connectivity index (χ0) is 28.3. The Morgan fingerprint density at radius 1 is 0.951 bits per heavy atom. The molecule has 3 amide bonds. The molecule has 0 bridgehead atoms. The molecule has 0 unspecified atom stereocenters. The number of likely N-dealkylation sites (tertiary alicyclic amines) is 2. The van der Waals surface area contributed by atoms with Gasteiger partial charge in [0.15, 0.2) is 0 Å². The number of furan rings is 1. The van der Waals surface area contributed by atoms with E-state index < -0.39 is 5.54 Å². The van der Waals surface area contributed by atoms with Gasteiger partial charge in [0, 0.05) is 61.4 Å². The van der Waals surface area contributed by atoms with Crippen LogP contribution in [0, 0.1) is 17.8 Å². The van der Waals surface area contributed by atoms with Crippen molar-refractivity contribution in [2.45, 2.75) is 45.1 Å². The van der Waals surface area contributed by atoms with E-state index >= 15 is 0 Å². The van der Waals surface area contributed by atoms with E-state index in [9.17, 15) is 14.4 Å². The lowest BCUT2D eigenvalue weighted by molar-refractivity contribution is -0.142. The van der Waals surface area contributed by atoms with Crippen LogP contribution in [0.1, 0.15) is 45.1 Å². The van der Waals surface area contributed by atoms with Gasteiger partial charge in [-0.25, -0.2) is 0 Å². The number of fused-ring (bicyclic) bond motifs is 1. The quantitative estimate of drug-likeness (QED) is 0.448. The van der Waals surface area contributed by atoms with Crippen molar-refractivity contribution in [1.82, 2.24) is 14.7 Å². The summed E-state index contributed by atoms with van der Waals surface area (Å²) in [6.07, 6.45) is 4.77. The Labute approximate surface area is 240 Å². The standard InChI is InChI=1S/C33H36N4O4/c1-21(2)30(38)35-14-12-33(13-15-35)32(40)37(20-22-18-36(19-22)31(39)25-7-8-25)29(34-33)24-5-3-23(4-6-24)26-9-10-28-27(17-26)11-16-41-28/h3-6,9-11,16-17,21-22,25H,7-8,12-15,18-20H2,1-2H3. The summed E-state index contributed by atoms with van der Waals surface area (Å²) in [5.41, 5.74) is 3.12. The third kappa shape index (κ3) is 4.63. The maximum absolute atomic E-state index is 14.1. The van der Waals surface area contributed by atoms with Crippen molar-refractivity contribution in [1.29, 1.82) is 0 Å². The highest BCUT2D eigenvalue weighted by Gasteiger charge is 2.51. The third-order valence-corrected chi connectivity index (χ3v) is 9.18. The molecule has 1 aliphatic carbocycles. The maximum Gasteiger partial charge on any atom is 0.256 e. The molecular weight excluding hydrogens is 516 g/mol. The van der Waals surface area contributed by atoms with Gasteiger partial charge in [0.1, 0.15) is 17.0 Å². The van der Waals surface area contributed by atoms with E-state index in [-0.39, 0.29) is 35.5 Å². The molecule has 7 rings (SSSR count). The molecule has 2 saturated heterocycles. The largest absolute Gasteiger partial charge is 0.464 e. The van der Waals surface area contributed by atoms with Crippen LogP contribution >= 0.6 is 0 Å². The Hall–Kier alpha value is -3.94. The summed E-state index contributed by atoms with van der Waals surface area (Å²) in [5.74, 6) is 1.54. The molecule has 4 aliphatic rings. The molecule has 0 atom stereocenters. The SMILES string of the molecule is CC(C)C(=O)N1CCC2(CC1)N=C(c1ccc(-c3ccc4occc4c3)cc1)N(CC1CN(C(=O)C3CC3)C1)C2=O. The number of rotatable bonds is 6. The van der Waals surface area contributed by atoms with E-state index in [1.54, 1.807) is 6.26 Å². The summed E-state index contributed by atoms with van der Waals surface area (Å²) in [4.78, 5) is 50.0. The normalized spacial score (nSPS) is 20.7. The predicted molar refractivity (Wildman–Crippen MR) is 156 cm³/mol. The van der Waals surface area contributed by atoms with Gasteiger partial charge < -0.3 is 14.2 Å². The third-order valence-electron chi connectivity index (χ3n) is 9.18. The number of piperidine rings is 1. The minimum Gasteiger partial charge on any atom is -0.464 e. The molecule has 3 aromatic rings. The van der Waals surface area contributed by atoms with Gasteiger partial charge in [-0.15, -0.1) is 0 Å². The van der Waals surface area contributed by atoms with Crippen LogP contribution in [0.25, 0.3) is 22.1 Å². The number of hydrogen-bond donors (Lipinski definition) is 0. The van der Waals surface area contributed by atoms with Crippen LogP contribution < -0.4 is 0 Å². The molecule has 8 nitrogen and oxygen atoms in total.